The van der Waals surface area contributed by atoms with Crippen LogP contribution in [0.2, 0.25) is 0 Å². The summed E-state index contributed by atoms with van der Waals surface area (Å²) >= 11 is 0. The normalized spacial score (nSPS) is 11.0. The first kappa shape index (κ1) is 13.9. The van der Waals surface area contributed by atoms with Crippen LogP contribution in [0.4, 0.5) is 4.79 Å². The summed E-state index contributed by atoms with van der Waals surface area (Å²) in [6.45, 7) is 11.2. The Labute approximate surface area is 92.8 Å². The number of unbranched alkanes of at least 4 members (excludes halogenated alkanes) is 2. The Morgan fingerprint density at radius 2 is 1.80 bits per heavy atom. The number of hydrogen-bond acceptors (Lipinski definition) is 1. The molecule has 0 bridgehead atoms. The van der Waals surface area contributed by atoms with E-state index in [1.807, 2.05) is 0 Å². The zero-order valence-corrected chi connectivity index (χ0v) is 9.67. The number of rotatable bonds is 8. The largest absolute Gasteiger partial charge is 0.435 e. The van der Waals surface area contributed by atoms with Crippen molar-refractivity contribution in [2.24, 2.45) is 0 Å². The molecule has 0 saturated heterocycles. The summed E-state index contributed by atoms with van der Waals surface area (Å²) in [6, 6.07) is -0.536. The fourth-order valence-electron chi connectivity index (χ4n) is 1.68. The molecule has 0 saturated carbocycles. The molecule has 0 aromatic heterocycles. The van der Waals surface area contributed by atoms with Crippen molar-refractivity contribution < 1.29 is 9.28 Å². The van der Waals surface area contributed by atoms with Gasteiger partial charge in [0.25, 0.3) is 0 Å². The predicted molar refractivity (Wildman–Crippen MR) is 63.3 cm³/mol. The molecule has 15 heavy (non-hydrogen) atoms. The Bertz CT molecular complexity index is 214. The number of urea groups is 1. The third-order valence-corrected chi connectivity index (χ3v) is 2.58. The summed E-state index contributed by atoms with van der Waals surface area (Å²) in [5.41, 5.74) is 7.36. The number of nitrogens with zero attached hydrogens (tertiary/aromatic N) is 1. The van der Waals surface area contributed by atoms with Gasteiger partial charge in [-0.15, -0.1) is 0 Å². The van der Waals surface area contributed by atoms with E-state index in [-0.39, 0.29) is 4.48 Å². The van der Waals surface area contributed by atoms with E-state index in [2.05, 4.69) is 20.1 Å². The number of nitrogens with one attached hydrogen (secondary N) is 1. The first-order valence-electron chi connectivity index (χ1n) is 5.47. The minimum Gasteiger partial charge on any atom is -0.232 e. The molecule has 0 unspecified atom stereocenters. The molecule has 0 heterocycles. The van der Waals surface area contributed by atoms with Crippen molar-refractivity contribution in [1.29, 1.82) is 0 Å². The molecule has 1 N–H and O–H groups in total. The molecule has 3 heteroatoms. The van der Waals surface area contributed by atoms with Crippen LogP contribution in [-0.2, 0) is 0 Å². The smallest absolute Gasteiger partial charge is 0.232 e. The van der Waals surface area contributed by atoms with E-state index in [4.69, 9.17) is 5.73 Å². The second-order valence-corrected chi connectivity index (χ2v) is 3.82. The fraction of sp³-hybridized carbons (Fsp3) is 0.583. The van der Waals surface area contributed by atoms with Crippen LogP contribution in [0.15, 0.2) is 25.3 Å². The van der Waals surface area contributed by atoms with Crippen molar-refractivity contribution in [2.75, 3.05) is 19.6 Å². The molecular formula is C12H22N2O+. The molecule has 0 aromatic rings. The van der Waals surface area contributed by atoms with Gasteiger partial charge < -0.3 is 0 Å². The number of hydrogen-bond donors (Lipinski definition) is 0. The predicted octanol–water partition coefficient (Wildman–Crippen LogP) is 2.77. The monoisotopic (exact) mass is 210 g/mol. The van der Waals surface area contributed by atoms with Crippen LogP contribution >= 0.6 is 0 Å². The average molecular weight is 210 g/mol. The van der Waals surface area contributed by atoms with Gasteiger partial charge in [-0.3, -0.25) is 0 Å². The van der Waals surface area contributed by atoms with E-state index in [9.17, 15) is 4.79 Å². The van der Waals surface area contributed by atoms with Crippen LogP contribution in [0.5, 0.6) is 0 Å². The van der Waals surface area contributed by atoms with Gasteiger partial charge in [0, 0.05) is 0 Å². The van der Waals surface area contributed by atoms with Gasteiger partial charge in [-0.2, -0.15) is 0 Å². The highest BCUT2D eigenvalue weighted by Crippen LogP contribution is 2.11. The van der Waals surface area contributed by atoms with E-state index in [0.717, 1.165) is 19.3 Å². The molecule has 85 valence electrons. The molecule has 0 rings (SSSR count). The minimum absolute atomic E-state index is 0.146. The zero-order chi connectivity index (χ0) is 11.7. The summed E-state index contributed by atoms with van der Waals surface area (Å²) in [4.78, 5) is 11.4. The molecule has 1 radical (unpaired) electrons. The van der Waals surface area contributed by atoms with E-state index in [1.54, 1.807) is 12.2 Å². The summed E-state index contributed by atoms with van der Waals surface area (Å²) < 4.78 is 0.146. The van der Waals surface area contributed by atoms with Crippen LogP contribution in [-0.4, -0.2) is 30.1 Å². The van der Waals surface area contributed by atoms with Crippen molar-refractivity contribution >= 4 is 6.03 Å². The molecule has 0 fully saturated rings. The Morgan fingerprint density at radius 1 is 1.27 bits per heavy atom. The fourth-order valence-corrected chi connectivity index (χ4v) is 1.68. The van der Waals surface area contributed by atoms with Gasteiger partial charge in [0.05, 0.1) is 6.54 Å². The third kappa shape index (κ3) is 4.30. The average Bonchev–Trinajstić information content (AvgIpc) is 2.18. The maximum Gasteiger partial charge on any atom is 0.435 e. The summed E-state index contributed by atoms with van der Waals surface area (Å²) in [5, 5.41) is 0. The Morgan fingerprint density at radius 3 is 2.13 bits per heavy atom. The minimum atomic E-state index is -0.536. The molecule has 3 nitrogen and oxygen atoms in total. The van der Waals surface area contributed by atoms with Gasteiger partial charge in [-0.25, -0.2) is 15.0 Å². The Balaban J connectivity index is 4.53. The van der Waals surface area contributed by atoms with Crippen LogP contribution in [0, 0.1) is 0 Å². The number of amides is 2. The van der Waals surface area contributed by atoms with Crippen LogP contribution in [0.3, 0.4) is 0 Å². The van der Waals surface area contributed by atoms with Crippen molar-refractivity contribution in [3.05, 3.63) is 25.3 Å². The van der Waals surface area contributed by atoms with Crippen molar-refractivity contribution in [2.45, 2.75) is 26.2 Å². The van der Waals surface area contributed by atoms with Gasteiger partial charge >= 0.3 is 6.03 Å². The first-order valence-corrected chi connectivity index (χ1v) is 5.47. The summed E-state index contributed by atoms with van der Waals surface area (Å²) in [6.07, 6.45) is 6.61. The van der Waals surface area contributed by atoms with Gasteiger partial charge in [-0.1, -0.05) is 26.5 Å². The second-order valence-electron chi connectivity index (χ2n) is 3.82. The van der Waals surface area contributed by atoms with E-state index < -0.39 is 6.03 Å². The lowest BCUT2D eigenvalue weighted by Crippen LogP contribution is -2.53. The highest BCUT2D eigenvalue weighted by molar-refractivity contribution is 5.63. The molecule has 0 aliphatic carbocycles. The molecule has 2 amide bonds. The molecule has 0 aliphatic rings. The van der Waals surface area contributed by atoms with E-state index >= 15 is 0 Å². The summed E-state index contributed by atoms with van der Waals surface area (Å²) in [5.74, 6) is 0. The van der Waals surface area contributed by atoms with Crippen molar-refractivity contribution in [1.82, 2.24) is 5.73 Å². The highest BCUT2D eigenvalue weighted by Gasteiger charge is 2.31. The lowest BCUT2D eigenvalue weighted by Gasteiger charge is -2.31. The number of quaternary nitrogens is 1. The van der Waals surface area contributed by atoms with Gasteiger partial charge in [0.2, 0.25) is 0 Å². The van der Waals surface area contributed by atoms with Crippen LogP contribution in [0.1, 0.15) is 26.2 Å². The highest BCUT2D eigenvalue weighted by atomic mass is 16.2. The van der Waals surface area contributed by atoms with Gasteiger partial charge in [0.15, 0.2) is 0 Å². The van der Waals surface area contributed by atoms with Crippen molar-refractivity contribution in [3.63, 3.8) is 0 Å². The SMILES string of the molecule is C=CC[N+](CC=C)(CCCCC)C([NH])=O. The standard InChI is InChI=1S/C12H22N2O/c1-4-7-8-11-14(9-5-2,10-6-3)12(13)15/h5-6,13H,2-4,7-11H2,1H3/q+1. The Kier molecular flexibility index (Phi) is 6.71. The molecule has 0 aliphatic heterocycles. The zero-order valence-electron chi connectivity index (χ0n) is 9.67. The van der Waals surface area contributed by atoms with Crippen LogP contribution in [0.25, 0.3) is 0 Å². The number of carbonyl (C=O) groups is 1. The topological polar surface area (TPSA) is 40.9 Å². The third-order valence-electron chi connectivity index (χ3n) is 2.58. The molecule has 0 spiro atoms. The maximum absolute atomic E-state index is 11.4. The van der Waals surface area contributed by atoms with Crippen molar-refractivity contribution in [3.8, 4) is 0 Å². The lowest BCUT2D eigenvalue weighted by atomic mass is 10.2. The molecular weight excluding hydrogens is 188 g/mol. The quantitative estimate of drug-likeness (QED) is 0.345. The molecule has 0 aromatic carbocycles. The second kappa shape index (κ2) is 7.23. The lowest BCUT2D eigenvalue weighted by molar-refractivity contribution is -0.838. The molecule has 0 atom stereocenters. The van der Waals surface area contributed by atoms with E-state index in [0.29, 0.717) is 19.6 Å². The number of carbonyl (C=O) groups excluding carboxylic acids is 1. The summed E-state index contributed by atoms with van der Waals surface area (Å²) in [7, 11) is 0. The van der Waals surface area contributed by atoms with Gasteiger partial charge in [0.1, 0.15) is 13.1 Å². The van der Waals surface area contributed by atoms with E-state index in [1.165, 1.54) is 0 Å². The first-order chi connectivity index (χ1) is 7.13. The van der Waals surface area contributed by atoms with Gasteiger partial charge in [-0.05, 0) is 25.0 Å². The maximum atomic E-state index is 11.4. The van der Waals surface area contributed by atoms with Crippen LogP contribution < -0.4 is 5.73 Å². The Hall–Kier alpha value is -1.09.